The molecule has 1 N–H and O–H groups in total. The number of hydrogen-bond donors (Lipinski definition) is 1. The van der Waals surface area contributed by atoms with E-state index in [1.54, 1.807) is 0 Å². The average Bonchev–Trinajstić information content (AvgIpc) is 2.47. The second-order valence-electron chi connectivity index (χ2n) is 7.23. The van der Waals surface area contributed by atoms with Gasteiger partial charge in [-0.3, -0.25) is 0 Å². The maximum Gasteiger partial charge on any atom is 0.121 e. The zero-order valence-corrected chi connectivity index (χ0v) is 13.4. The number of anilines is 1. The van der Waals surface area contributed by atoms with Crippen molar-refractivity contribution in [1.82, 2.24) is 5.32 Å². The van der Waals surface area contributed by atoms with Crippen molar-refractivity contribution in [2.75, 3.05) is 31.1 Å². The van der Waals surface area contributed by atoms with E-state index in [0.29, 0.717) is 11.5 Å². The highest BCUT2D eigenvalue weighted by Crippen LogP contribution is 2.37. The topological polar surface area (TPSA) is 24.5 Å². The molecular weight excluding hydrogens is 260 g/mol. The molecule has 1 heterocycles. The first-order chi connectivity index (χ1) is 10.1. The highest BCUT2D eigenvalue weighted by molar-refractivity contribution is 5.51. The summed E-state index contributed by atoms with van der Waals surface area (Å²) in [7, 11) is 0. The molecule has 21 heavy (non-hydrogen) atoms. The van der Waals surface area contributed by atoms with E-state index in [0.717, 1.165) is 31.9 Å². The van der Waals surface area contributed by atoms with E-state index < -0.39 is 0 Å². The molecule has 1 atom stereocenters. The lowest BCUT2D eigenvalue weighted by molar-refractivity contribution is 0.0851. The molecule has 3 nitrogen and oxygen atoms in total. The van der Waals surface area contributed by atoms with Crippen LogP contribution in [0.3, 0.4) is 0 Å². The fourth-order valence-electron chi connectivity index (χ4n) is 3.60. The minimum absolute atomic E-state index is 0.382. The molecule has 1 aliphatic carbocycles. The Morgan fingerprint density at radius 3 is 2.81 bits per heavy atom. The Hall–Kier alpha value is -1.22. The van der Waals surface area contributed by atoms with Crippen molar-refractivity contribution >= 4 is 5.69 Å². The third-order valence-electron chi connectivity index (χ3n) is 4.76. The Morgan fingerprint density at radius 2 is 2.05 bits per heavy atom. The summed E-state index contributed by atoms with van der Waals surface area (Å²) in [6.45, 7) is 9.03. The van der Waals surface area contributed by atoms with Crippen LogP contribution >= 0.6 is 0 Å². The lowest BCUT2D eigenvalue weighted by Crippen LogP contribution is -2.43. The van der Waals surface area contributed by atoms with Crippen molar-refractivity contribution in [3.05, 3.63) is 24.3 Å². The van der Waals surface area contributed by atoms with Gasteiger partial charge in [0.05, 0.1) is 6.10 Å². The summed E-state index contributed by atoms with van der Waals surface area (Å²) in [4.78, 5) is 2.44. The second-order valence-corrected chi connectivity index (χ2v) is 7.23. The molecular formula is C18H28N2O. The van der Waals surface area contributed by atoms with Gasteiger partial charge in [-0.15, -0.1) is 0 Å². The van der Waals surface area contributed by atoms with Gasteiger partial charge in [0.1, 0.15) is 5.75 Å². The predicted octanol–water partition coefficient (Wildman–Crippen LogP) is 3.44. The van der Waals surface area contributed by atoms with E-state index in [-0.39, 0.29) is 0 Å². The van der Waals surface area contributed by atoms with Crippen LogP contribution in [0.2, 0.25) is 0 Å². The summed E-state index contributed by atoms with van der Waals surface area (Å²) in [6.07, 6.45) is 5.36. The van der Waals surface area contributed by atoms with Crippen molar-refractivity contribution in [1.29, 1.82) is 0 Å². The minimum Gasteiger partial charge on any atom is -0.490 e. The number of piperazine rings is 1. The minimum atomic E-state index is 0.382. The van der Waals surface area contributed by atoms with Crippen LogP contribution < -0.4 is 15.0 Å². The molecule has 0 spiro atoms. The average molecular weight is 288 g/mol. The molecule has 0 bridgehead atoms. The first-order valence-corrected chi connectivity index (χ1v) is 8.35. The number of ether oxygens (including phenoxy) is 1. The van der Waals surface area contributed by atoms with Gasteiger partial charge in [-0.05, 0) is 43.2 Å². The maximum atomic E-state index is 6.28. The summed E-state index contributed by atoms with van der Waals surface area (Å²) in [5.74, 6) is 1.04. The molecule has 1 saturated heterocycles. The third-order valence-corrected chi connectivity index (χ3v) is 4.76. The molecule has 0 radical (unpaired) electrons. The first-order valence-electron chi connectivity index (χ1n) is 8.35. The molecule has 2 aliphatic rings. The highest BCUT2D eigenvalue weighted by Gasteiger charge is 2.29. The lowest BCUT2D eigenvalue weighted by atomic mass is 9.76. The van der Waals surface area contributed by atoms with Gasteiger partial charge in [-0.2, -0.15) is 0 Å². The van der Waals surface area contributed by atoms with Gasteiger partial charge in [-0.25, -0.2) is 0 Å². The molecule has 1 aromatic rings. The smallest absolute Gasteiger partial charge is 0.121 e. The van der Waals surface area contributed by atoms with E-state index in [4.69, 9.17) is 4.74 Å². The summed E-state index contributed by atoms with van der Waals surface area (Å²) in [5, 5.41) is 3.40. The lowest BCUT2D eigenvalue weighted by Gasteiger charge is -2.35. The van der Waals surface area contributed by atoms with Crippen LogP contribution in [0, 0.1) is 5.41 Å². The first kappa shape index (κ1) is 14.7. The summed E-state index contributed by atoms with van der Waals surface area (Å²) >= 11 is 0. The summed E-state index contributed by atoms with van der Waals surface area (Å²) in [6, 6.07) is 8.64. The van der Waals surface area contributed by atoms with Crippen LogP contribution in [-0.4, -0.2) is 32.3 Å². The number of rotatable bonds is 3. The Morgan fingerprint density at radius 1 is 1.24 bits per heavy atom. The standard InChI is InChI=1S/C18H28N2O/c1-18(2)8-4-7-17(14-18)21-16-6-3-5-15(13-16)20-11-9-19-10-12-20/h3,5-6,13,17,19H,4,7-12,14H2,1-2H3. The largest absolute Gasteiger partial charge is 0.490 e. The van der Waals surface area contributed by atoms with Gasteiger partial charge in [0, 0.05) is 37.9 Å². The molecule has 1 saturated carbocycles. The Bertz CT molecular complexity index is 466. The van der Waals surface area contributed by atoms with Gasteiger partial charge in [0.2, 0.25) is 0 Å². The Labute approximate surface area is 128 Å². The number of benzene rings is 1. The molecule has 0 amide bonds. The Kier molecular flexibility index (Phi) is 4.39. The van der Waals surface area contributed by atoms with Crippen LogP contribution in [0.5, 0.6) is 5.75 Å². The van der Waals surface area contributed by atoms with Gasteiger partial charge in [-0.1, -0.05) is 19.9 Å². The fraction of sp³-hybridized carbons (Fsp3) is 0.667. The van der Waals surface area contributed by atoms with E-state index in [1.165, 1.54) is 31.4 Å². The maximum absolute atomic E-state index is 6.28. The molecule has 2 fully saturated rings. The van der Waals surface area contributed by atoms with Crippen LogP contribution in [0.15, 0.2) is 24.3 Å². The summed E-state index contributed by atoms with van der Waals surface area (Å²) < 4.78 is 6.28. The highest BCUT2D eigenvalue weighted by atomic mass is 16.5. The number of hydrogen-bond acceptors (Lipinski definition) is 3. The van der Waals surface area contributed by atoms with Gasteiger partial charge >= 0.3 is 0 Å². The van der Waals surface area contributed by atoms with Crippen molar-refractivity contribution in [3.63, 3.8) is 0 Å². The molecule has 116 valence electrons. The molecule has 1 aromatic carbocycles. The van der Waals surface area contributed by atoms with Crippen molar-refractivity contribution in [2.24, 2.45) is 5.41 Å². The molecule has 3 heteroatoms. The SMILES string of the molecule is CC1(C)CCCC(Oc2cccc(N3CCNCC3)c2)C1. The fourth-order valence-corrected chi connectivity index (χ4v) is 3.60. The van der Waals surface area contributed by atoms with Crippen molar-refractivity contribution in [3.8, 4) is 5.75 Å². The quantitative estimate of drug-likeness (QED) is 0.922. The zero-order valence-electron chi connectivity index (χ0n) is 13.4. The zero-order chi connectivity index (χ0) is 14.7. The van der Waals surface area contributed by atoms with E-state index in [1.807, 2.05) is 0 Å². The molecule has 3 rings (SSSR count). The number of nitrogens with zero attached hydrogens (tertiary/aromatic N) is 1. The van der Waals surface area contributed by atoms with E-state index >= 15 is 0 Å². The van der Waals surface area contributed by atoms with Crippen LogP contribution in [0.25, 0.3) is 0 Å². The van der Waals surface area contributed by atoms with Crippen LogP contribution in [0.1, 0.15) is 39.5 Å². The normalized spacial score (nSPS) is 25.6. The Balaban J connectivity index is 1.65. The number of nitrogens with one attached hydrogen (secondary N) is 1. The van der Waals surface area contributed by atoms with E-state index in [2.05, 4.69) is 48.3 Å². The van der Waals surface area contributed by atoms with Crippen molar-refractivity contribution < 1.29 is 4.74 Å². The molecule has 1 aliphatic heterocycles. The van der Waals surface area contributed by atoms with E-state index in [9.17, 15) is 0 Å². The van der Waals surface area contributed by atoms with Crippen LogP contribution in [-0.2, 0) is 0 Å². The van der Waals surface area contributed by atoms with Crippen molar-refractivity contribution in [2.45, 2.75) is 45.6 Å². The third kappa shape index (κ3) is 3.91. The van der Waals surface area contributed by atoms with Gasteiger partial charge in [0.25, 0.3) is 0 Å². The van der Waals surface area contributed by atoms with Gasteiger partial charge < -0.3 is 15.0 Å². The van der Waals surface area contributed by atoms with Gasteiger partial charge in [0.15, 0.2) is 0 Å². The molecule has 0 aromatic heterocycles. The second kappa shape index (κ2) is 6.27. The summed E-state index contributed by atoms with van der Waals surface area (Å²) in [5.41, 5.74) is 1.73. The van der Waals surface area contributed by atoms with Crippen LogP contribution in [0.4, 0.5) is 5.69 Å². The monoisotopic (exact) mass is 288 g/mol. The molecule has 1 unspecified atom stereocenters. The predicted molar refractivity (Wildman–Crippen MR) is 88.2 cm³/mol.